The average molecular weight is 873 g/mol. The summed E-state index contributed by atoms with van der Waals surface area (Å²) in [4.78, 5) is 9.94. The van der Waals surface area contributed by atoms with Gasteiger partial charge in [0.25, 0.3) is 0 Å². The van der Waals surface area contributed by atoms with Crippen molar-refractivity contribution in [1.29, 1.82) is 0 Å². The number of rotatable bonds is 7. The van der Waals surface area contributed by atoms with Crippen molar-refractivity contribution < 1.29 is 4.74 Å². The third-order valence-electron chi connectivity index (χ3n) is 13.8. The highest BCUT2D eigenvalue weighted by Gasteiger charge is 2.34. The van der Waals surface area contributed by atoms with E-state index >= 15 is 0 Å². The normalized spacial score (nSPS) is 13.8. The summed E-state index contributed by atoms with van der Waals surface area (Å²) in [7, 11) is 0. The van der Waals surface area contributed by atoms with Gasteiger partial charge in [-0.25, -0.2) is 4.98 Å². The summed E-state index contributed by atoms with van der Waals surface area (Å²) in [6.45, 7) is 32.9. The van der Waals surface area contributed by atoms with Gasteiger partial charge >= 0.3 is 0 Å². The van der Waals surface area contributed by atoms with Crippen molar-refractivity contribution in [2.24, 2.45) is 0 Å². The van der Waals surface area contributed by atoms with Crippen LogP contribution in [0.25, 0.3) is 27.6 Å². The topological polar surface area (TPSA) is 33.5 Å². The lowest BCUT2D eigenvalue weighted by Crippen LogP contribution is -2.26. The minimum atomic E-state index is -0.204. The van der Waals surface area contributed by atoms with Crippen molar-refractivity contribution in [1.82, 2.24) is 9.55 Å². The van der Waals surface area contributed by atoms with Crippen LogP contribution in [0.15, 0.2) is 146 Å². The van der Waals surface area contributed by atoms with Crippen LogP contribution in [0.3, 0.4) is 0 Å². The Bertz CT molecular complexity index is 3080. The molecule has 5 heteroatoms. The van der Waals surface area contributed by atoms with Gasteiger partial charge < -0.3 is 14.5 Å². The van der Waals surface area contributed by atoms with Crippen molar-refractivity contribution in [2.75, 3.05) is 16.5 Å². The van der Waals surface area contributed by atoms with Gasteiger partial charge in [0, 0.05) is 45.9 Å². The summed E-state index contributed by atoms with van der Waals surface area (Å²) in [5.41, 5.74) is 14.2. The molecule has 0 saturated heterocycles. The summed E-state index contributed by atoms with van der Waals surface area (Å²) in [6.07, 6.45) is 1.93. The second-order valence-corrected chi connectivity index (χ2v) is 23.2. The van der Waals surface area contributed by atoms with Crippen LogP contribution in [-0.2, 0) is 27.1 Å². The number of ether oxygens (including phenoxy) is 1. The van der Waals surface area contributed by atoms with E-state index < -0.39 is 0 Å². The first-order valence-corrected chi connectivity index (χ1v) is 23.7. The minimum absolute atomic E-state index is 0.0136. The summed E-state index contributed by atoms with van der Waals surface area (Å²) in [5.74, 6) is 2.48. The molecule has 0 radical (unpaired) electrons. The van der Waals surface area contributed by atoms with Gasteiger partial charge in [-0.2, -0.15) is 0 Å². The maximum Gasteiger partial charge on any atom is 0.137 e. The number of benzene rings is 6. The molecule has 1 aliphatic rings. The van der Waals surface area contributed by atoms with Gasteiger partial charge in [0.05, 0.1) is 22.4 Å². The van der Waals surface area contributed by atoms with E-state index in [0.717, 1.165) is 34.0 Å². The molecule has 8 aromatic rings. The van der Waals surface area contributed by atoms with Crippen LogP contribution in [0.1, 0.15) is 130 Å². The minimum Gasteiger partial charge on any atom is -0.457 e. The molecule has 3 heterocycles. The molecule has 0 unspecified atom stereocenters. The van der Waals surface area contributed by atoms with Gasteiger partial charge in [-0.1, -0.05) is 158 Å². The van der Waals surface area contributed by atoms with Crippen molar-refractivity contribution in [3.8, 4) is 17.3 Å². The van der Waals surface area contributed by atoms with Gasteiger partial charge in [0.2, 0.25) is 0 Å². The molecule has 66 heavy (non-hydrogen) atoms. The number of para-hydroxylation sites is 1. The maximum atomic E-state index is 7.03. The summed E-state index contributed by atoms with van der Waals surface area (Å²) in [6, 6.07) is 51.5. The Kier molecular flexibility index (Phi) is 10.8. The molecule has 6 aromatic carbocycles. The Morgan fingerprint density at radius 2 is 0.985 bits per heavy atom. The van der Waals surface area contributed by atoms with Crippen LogP contribution < -0.4 is 14.5 Å². The zero-order valence-corrected chi connectivity index (χ0v) is 41.8. The van der Waals surface area contributed by atoms with E-state index in [1.54, 1.807) is 0 Å². The number of aromatic nitrogens is 2. The standard InChI is InChI=1S/C61H68N4O/c1-57(2,3)41-28-29-62-56(36-41)65-52-23-19-18-22-50(52)51-26-25-48(38-54(51)65)66-49-34-45(60(10,11)12)33-47(37-49)63-39-64(46-31-43(58(4,5)6)30-44(32-46)59(7,8)9)55-35-42(24-27-53(55)63)61(13,14)40-20-16-15-17-21-40/h15-38H,39H2,1-14H3. The lowest BCUT2D eigenvalue weighted by molar-refractivity contribution is 0.479. The maximum absolute atomic E-state index is 7.03. The lowest BCUT2D eigenvalue weighted by Gasteiger charge is -2.30. The third-order valence-corrected chi connectivity index (χ3v) is 13.8. The van der Waals surface area contributed by atoms with E-state index in [9.17, 15) is 0 Å². The number of fused-ring (bicyclic) bond motifs is 4. The molecule has 0 aliphatic carbocycles. The Labute approximate surface area is 394 Å². The first kappa shape index (κ1) is 44.9. The molecule has 9 rings (SSSR count). The second-order valence-electron chi connectivity index (χ2n) is 23.2. The fourth-order valence-corrected chi connectivity index (χ4v) is 9.38. The third kappa shape index (κ3) is 8.38. The molecule has 338 valence electrons. The smallest absolute Gasteiger partial charge is 0.137 e. The molecular weight excluding hydrogens is 805 g/mol. The van der Waals surface area contributed by atoms with Gasteiger partial charge in [-0.15, -0.1) is 0 Å². The fourth-order valence-electron chi connectivity index (χ4n) is 9.38. The molecule has 2 aromatic heterocycles. The number of anilines is 4. The molecule has 1 aliphatic heterocycles. The highest BCUT2D eigenvalue weighted by molar-refractivity contribution is 6.09. The average Bonchev–Trinajstić information content (AvgIpc) is 3.81. The van der Waals surface area contributed by atoms with E-state index in [1.807, 2.05) is 6.20 Å². The molecule has 0 fully saturated rings. The molecular formula is C61H68N4O. The zero-order valence-electron chi connectivity index (χ0n) is 41.8. The first-order valence-electron chi connectivity index (χ1n) is 23.7. The van der Waals surface area contributed by atoms with Gasteiger partial charge in [0.1, 0.15) is 24.0 Å². The number of hydrogen-bond acceptors (Lipinski definition) is 4. The molecule has 0 N–H and O–H groups in total. The van der Waals surface area contributed by atoms with Crippen LogP contribution in [0, 0.1) is 0 Å². The number of hydrogen-bond donors (Lipinski definition) is 0. The quantitative estimate of drug-likeness (QED) is 0.160. The molecule has 5 nitrogen and oxygen atoms in total. The van der Waals surface area contributed by atoms with Gasteiger partial charge in [0.15, 0.2) is 0 Å². The first-order chi connectivity index (χ1) is 31.0. The van der Waals surface area contributed by atoms with Crippen molar-refractivity contribution in [3.05, 3.63) is 179 Å². The fraction of sp³-hybridized carbons (Fsp3) is 0.328. The van der Waals surface area contributed by atoms with Gasteiger partial charge in [-0.05, 0) is 122 Å². The van der Waals surface area contributed by atoms with Gasteiger partial charge in [-0.3, -0.25) is 4.57 Å². The Morgan fingerprint density at radius 1 is 0.409 bits per heavy atom. The van der Waals surface area contributed by atoms with Crippen LogP contribution in [0.4, 0.5) is 22.7 Å². The molecule has 0 spiro atoms. The Balaban J connectivity index is 1.18. The van der Waals surface area contributed by atoms with E-state index in [2.05, 4.69) is 251 Å². The Morgan fingerprint density at radius 3 is 1.64 bits per heavy atom. The van der Waals surface area contributed by atoms with E-state index in [1.165, 1.54) is 61.2 Å². The highest BCUT2D eigenvalue weighted by Crippen LogP contribution is 2.49. The van der Waals surface area contributed by atoms with Crippen LogP contribution in [-0.4, -0.2) is 16.2 Å². The summed E-state index contributed by atoms with van der Waals surface area (Å²) < 4.78 is 9.32. The molecule has 0 bridgehead atoms. The predicted molar refractivity (Wildman–Crippen MR) is 280 cm³/mol. The van der Waals surface area contributed by atoms with Crippen LogP contribution >= 0.6 is 0 Å². The predicted octanol–water partition coefficient (Wildman–Crippen LogP) is 16.7. The highest BCUT2D eigenvalue weighted by atomic mass is 16.5. The molecule has 0 atom stereocenters. The van der Waals surface area contributed by atoms with Crippen LogP contribution in [0.5, 0.6) is 11.5 Å². The molecule has 0 saturated carbocycles. The van der Waals surface area contributed by atoms with Crippen molar-refractivity contribution in [2.45, 2.75) is 124 Å². The number of nitrogens with zero attached hydrogens (tertiary/aromatic N) is 4. The zero-order chi connectivity index (χ0) is 47.1. The van der Waals surface area contributed by atoms with E-state index in [4.69, 9.17) is 9.72 Å². The van der Waals surface area contributed by atoms with E-state index in [-0.39, 0.29) is 27.1 Å². The lowest BCUT2D eigenvalue weighted by atomic mass is 9.78. The second kappa shape index (κ2) is 15.9. The SMILES string of the molecule is CC(C)(C)c1cc(Oc2ccc3c4ccccc4n(-c4cc(C(C)(C)C)ccn4)c3c2)cc(N2CN(c3cc(C(C)(C)C)cc(C(C)(C)C)c3)c3cc(C(C)(C)c4ccccc4)ccc32)c1. The van der Waals surface area contributed by atoms with Crippen LogP contribution in [0.2, 0.25) is 0 Å². The Hall–Kier alpha value is -6.33. The summed E-state index contributed by atoms with van der Waals surface area (Å²) >= 11 is 0. The van der Waals surface area contributed by atoms with E-state index in [0.29, 0.717) is 6.67 Å². The molecule has 0 amide bonds. The van der Waals surface area contributed by atoms with Crippen molar-refractivity contribution >= 4 is 44.6 Å². The summed E-state index contributed by atoms with van der Waals surface area (Å²) in [5, 5.41) is 2.35. The monoisotopic (exact) mass is 873 g/mol. The van der Waals surface area contributed by atoms with Crippen molar-refractivity contribution in [3.63, 3.8) is 0 Å². The number of pyridine rings is 1. The largest absolute Gasteiger partial charge is 0.457 e.